The molecule has 8 heavy (non-hydrogen) atoms. The molecule has 0 radical (unpaired) electrons. The highest BCUT2D eigenvalue weighted by atomic mass is 32.2. The second kappa shape index (κ2) is 5.19. The van der Waals surface area contributed by atoms with Crippen LogP contribution in [0.1, 0.15) is 6.92 Å². The summed E-state index contributed by atoms with van der Waals surface area (Å²) in [5.74, 6) is 1.37. The van der Waals surface area contributed by atoms with Gasteiger partial charge >= 0.3 is 0 Å². The van der Waals surface area contributed by atoms with Crippen LogP contribution in [0.5, 0.6) is 0 Å². The summed E-state index contributed by atoms with van der Waals surface area (Å²) in [6.45, 7) is 5.84. The summed E-state index contributed by atoms with van der Waals surface area (Å²) in [5, 5.41) is 10.3. The van der Waals surface area contributed by atoms with Crippen molar-refractivity contribution in [3.63, 3.8) is 0 Å². The normalized spacial score (nSPS) is 13.2. The van der Waals surface area contributed by atoms with Crippen LogP contribution in [-0.4, -0.2) is 17.5 Å². The van der Waals surface area contributed by atoms with Gasteiger partial charge in [0.2, 0.25) is 0 Å². The molecule has 0 fully saturated rings. The molecule has 0 aromatic rings. The maximum Gasteiger partial charge on any atom is 0.0464 e. The van der Waals surface area contributed by atoms with Gasteiger partial charge in [-0.3, -0.25) is 0 Å². The van der Waals surface area contributed by atoms with E-state index < -0.39 is 0 Å². The lowest BCUT2D eigenvalue weighted by Crippen LogP contribution is -2.02. The molecule has 0 aliphatic rings. The van der Waals surface area contributed by atoms with Gasteiger partial charge in [0.1, 0.15) is 0 Å². The van der Waals surface area contributed by atoms with Gasteiger partial charge in [0.15, 0.2) is 0 Å². The molecule has 0 unspecified atom stereocenters. The van der Waals surface area contributed by atoms with Crippen molar-refractivity contribution < 1.29 is 5.11 Å². The lowest BCUT2D eigenvalue weighted by atomic mass is 10.2. The number of aliphatic hydroxyl groups excluding tert-OH is 1. The molecule has 0 spiro atoms. The largest absolute Gasteiger partial charge is 0.396 e. The lowest BCUT2D eigenvalue weighted by Gasteiger charge is -2.01. The standard InChI is InChI=1S/C6H12OS/c1-3-8-5-6(2)4-7/h3,6-7H,1,4-5H2,2H3/t6-/m0/s1. The molecule has 0 bridgehead atoms. The van der Waals surface area contributed by atoms with E-state index in [0.29, 0.717) is 5.92 Å². The summed E-state index contributed by atoms with van der Waals surface area (Å²) in [6.07, 6.45) is 0. The zero-order chi connectivity index (χ0) is 6.41. The average molecular weight is 132 g/mol. The Labute approximate surface area is 54.8 Å². The van der Waals surface area contributed by atoms with E-state index in [2.05, 4.69) is 6.58 Å². The van der Waals surface area contributed by atoms with Crippen molar-refractivity contribution in [1.82, 2.24) is 0 Å². The van der Waals surface area contributed by atoms with E-state index in [-0.39, 0.29) is 6.61 Å². The molecule has 0 aromatic heterocycles. The molecule has 0 aliphatic carbocycles. The van der Waals surface area contributed by atoms with Crippen LogP contribution in [0.2, 0.25) is 0 Å². The summed E-state index contributed by atoms with van der Waals surface area (Å²) in [5.41, 5.74) is 0. The van der Waals surface area contributed by atoms with Crippen molar-refractivity contribution in [3.8, 4) is 0 Å². The van der Waals surface area contributed by atoms with Crippen LogP contribution in [0.3, 0.4) is 0 Å². The third kappa shape index (κ3) is 4.22. The van der Waals surface area contributed by atoms with Crippen molar-refractivity contribution in [2.75, 3.05) is 12.4 Å². The minimum atomic E-state index is 0.279. The van der Waals surface area contributed by atoms with Crippen molar-refractivity contribution >= 4 is 11.8 Å². The topological polar surface area (TPSA) is 20.2 Å². The zero-order valence-electron chi connectivity index (χ0n) is 5.13. The van der Waals surface area contributed by atoms with E-state index in [1.165, 1.54) is 0 Å². The summed E-state index contributed by atoms with van der Waals surface area (Å²) in [4.78, 5) is 0. The van der Waals surface area contributed by atoms with Gasteiger partial charge in [0, 0.05) is 12.4 Å². The smallest absolute Gasteiger partial charge is 0.0464 e. The van der Waals surface area contributed by atoms with Crippen molar-refractivity contribution in [2.45, 2.75) is 6.92 Å². The van der Waals surface area contributed by atoms with E-state index in [1.54, 1.807) is 17.2 Å². The molecule has 0 aliphatic heterocycles. The van der Waals surface area contributed by atoms with Crippen molar-refractivity contribution in [1.29, 1.82) is 0 Å². The SMILES string of the molecule is C=CSC[C@@H](C)CO. The lowest BCUT2D eigenvalue weighted by molar-refractivity contribution is 0.250. The second-order valence-corrected chi connectivity index (χ2v) is 2.79. The molecule has 0 saturated heterocycles. The third-order valence-electron chi connectivity index (χ3n) is 0.810. The van der Waals surface area contributed by atoms with Crippen molar-refractivity contribution in [2.24, 2.45) is 5.92 Å². The molecule has 0 saturated carbocycles. The summed E-state index contributed by atoms with van der Waals surface area (Å²) >= 11 is 1.64. The van der Waals surface area contributed by atoms with E-state index in [4.69, 9.17) is 5.11 Å². The van der Waals surface area contributed by atoms with Gasteiger partial charge in [-0.05, 0) is 11.3 Å². The van der Waals surface area contributed by atoms with Crippen LogP contribution >= 0.6 is 11.8 Å². The summed E-state index contributed by atoms with van der Waals surface area (Å²) in [6, 6.07) is 0. The molecule has 1 atom stereocenters. The fourth-order valence-corrected chi connectivity index (χ4v) is 0.855. The molecule has 1 N–H and O–H groups in total. The maximum absolute atomic E-state index is 8.51. The average Bonchev–Trinajstić information content (AvgIpc) is 1.83. The van der Waals surface area contributed by atoms with Crippen LogP contribution in [0.25, 0.3) is 0 Å². The first-order valence-electron chi connectivity index (χ1n) is 2.64. The van der Waals surface area contributed by atoms with Gasteiger partial charge < -0.3 is 5.11 Å². The van der Waals surface area contributed by atoms with E-state index in [9.17, 15) is 0 Å². The molecule has 0 heterocycles. The van der Waals surface area contributed by atoms with Gasteiger partial charge in [0.25, 0.3) is 0 Å². The first kappa shape index (κ1) is 8.05. The minimum absolute atomic E-state index is 0.279. The van der Waals surface area contributed by atoms with E-state index >= 15 is 0 Å². The number of rotatable bonds is 4. The first-order valence-corrected chi connectivity index (χ1v) is 3.69. The fraction of sp³-hybridized carbons (Fsp3) is 0.667. The second-order valence-electron chi connectivity index (χ2n) is 1.79. The van der Waals surface area contributed by atoms with E-state index in [0.717, 1.165) is 5.75 Å². The Bertz CT molecular complexity index is 63.5. The molecule has 0 rings (SSSR count). The first-order chi connectivity index (χ1) is 3.81. The Kier molecular flexibility index (Phi) is 5.22. The maximum atomic E-state index is 8.51. The summed E-state index contributed by atoms with van der Waals surface area (Å²) < 4.78 is 0. The predicted molar refractivity (Wildman–Crippen MR) is 38.9 cm³/mol. The van der Waals surface area contributed by atoms with Gasteiger partial charge in [-0.2, -0.15) is 0 Å². The predicted octanol–water partition coefficient (Wildman–Crippen LogP) is 1.49. The van der Waals surface area contributed by atoms with Gasteiger partial charge in [-0.1, -0.05) is 13.5 Å². The quantitative estimate of drug-likeness (QED) is 0.625. The van der Waals surface area contributed by atoms with Gasteiger partial charge in [-0.15, -0.1) is 11.8 Å². The minimum Gasteiger partial charge on any atom is -0.396 e. The number of hydrogen-bond donors (Lipinski definition) is 1. The Morgan fingerprint density at radius 3 is 2.88 bits per heavy atom. The van der Waals surface area contributed by atoms with Crippen LogP contribution in [0, 0.1) is 5.92 Å². The Morgan fingerprint density at radius 1 is 1.88 bits per heavy atom. The third-order valence-corrected chi connectivity index (χ3v) is 1.81. The molecular weight excluding hydrogens is 120 g/mol. The number of aliphatic hydroxyl groups is 1. The van der Waals surface area contributed by atoms with Crippen molar-refractivity contribution in [3.05, 3.63) is 12.0 Å². The molecule has 2 heteroatoms. The van der Waals surface area contributed by atoms with E-state index in [1.807, 2.05) is 6.92 Å². The van der Waals surface area contributed by atoms with Crippen LogP contribution in [0.15, 0.2) is 12.0 Å². The molecular formula is C6H12OS. The Balaban J connectivity index is 2.97. The number of thioether (sulfide) groups is 1. The molecule has 0 aromatic carbocycles. The van der Waals surface area contributed by atoms with Gasteiger partial charge in [-0.25, -0.2) is 0 Å². The highest BCUT2D eigenvalue weighted by molar-refractivity contribution is 8.02. The number of hydrogen-bond acceptors (Lipinski definition) is 2. The highest BCUT2D eigenvalue weighted by Crippen LogP contribution is 2.06. The monoisotopic (exact) mass is 132 g/mol. The summed E-state index contributed by atoms with van der Waals surface area (Å²) in [7, 11) is 0. The zero-order valence-corrected chi connectivity index (χ0v) is 5.95. The Morgan fingerprint density at radius 2 is 2.50 bits per heavy atom. The molecule has 0 amide bonds. The highest BCUT2D eigenvalue weighted by Gasteiger charge is 1.95. The van der Waals surface area contributed by atoms with Crippen LogP contribution in [0.4, 0.5) is 0 Å². The fourth-order valence-electron chi connectivity index (χ4n) is 0.285. The molecule has 1 nitrogen and oxygen atoms in total. The van der Waals surface area contributed by atoms with Crippen LogP contribution in [-0.2, 0) is 0 Å². The Hall–Kier alpha value is 0.0500. The van der Waals surface area contributed by atoms with Gasteiger partial charge in [0.05, 0.1) is 0 Å². The molecule has 48 valence electrons. The van der Waals surface area contributed by atoms with Crippen LogP contribution < -0.4 is 0 Å².